The summed E-state index contributed by atoms with van der Waals surface area (Å²) in [6.45, 7) is 2.14. The molecular weight excluding hydrogens is 270 g/mol. The average molecular weight is 295 g/mol. The molecule has 20 heavy (non-hydrogen) atoms. The van der Waals surface area contributed by atoms with Crippen molar-refractivity contribution in [1.82, 2.24) is 0 Å². The second-order valence-electron chi connectivity index (χ2n) is 6.15. The predicted molar refractivity (Wildman–Crippen MR) is 83.4 cm³/mol. The predicted octanol–water partition coefficient (Wildman–Crippen LogP) is 2.72. The van der Waals surface area contributed by atoms with E-state index in [1.807, 2.05) is 18.2 Å². The van der Waals surface area contributed by atoms with Crippen LogP contribution < -0.4 is 5.73 Å². The van der Waals surface area contributed by atoms with Gasteiger partial charge in [0, 0.05) is 12.3 Å². The molecule has 0 spiro atoms. The summed E-state index contributed by atoms with van der Waals surface area (Å²) in [5.41, 5.74) is 7.67. The number of nitrogens with two attached hydrogens (primary N) is 1. The molecule has 0 aromatic heterocycles. The first-order valence-corrected chi connectivity index (χ1v) is 9.34. The van der Waals surface area contributed by atoms with E-state index in [0.29, 0.717) is 5.92 Å². The van der Waals surface area contributed by atoms with Crippen LogP contribution in [0.4, 0.5) is 0 Å². The van der Waals surface area contributed by atoms with E-state index >= 15 is 0 Å². The van der Waals surface area contributed by atoms with Gasteiger partial charge < -0.3 is 5.73 Å². The highest BCUT2D eigenvalue weighted by Crippen LogP contribution is 2.34. The van der Waals surface area contributed by atoms with Gasteiger partial charge in [-0.15, -0.1) is 0 Å². The Balaban J connectivity index is 2.07. The lowest BCUT2D eigenvalue weighted by Crippen LogP contribution is -2.40. The summed E-state index contributed by atoms with van der Waals surface area (Å²) in [5, 5.41) is -0.199. The van der Waals surface area contributed by atoms with Crippen LogP contribution in [0.25, 0.3) is 0 Å². The SMILES string of the molecule is CC(c1ccccc1)C(N)C1CCCC(S(C)(=O)=O)C1. The van der Waals surface area contributed by atoms with E-state index in [2.05, 4.69) is 19.1 Å². The largest absolute Gasteiger partial charge is 0.327 e. The van der Waals surface area contributed by atoms with Crippen molar-refractivity contribution < 1.29 is 8.42 Å². The summed E-state index contributed by atoms with van der Waals surface area (Å²) < 4.78 is 23.5. The Morgan fingerprint density at radius 2 is 1.85 bits per heavy atom. The second kappa shape index (κ2) is 6.27. The zero-order chi connectivity index (χ0) is 14.8. The van der Waals surface area contributed by atoms with Crippen LogP contribution in [0, 0.1) is 5.92 Å². The summed E-state index contributed by atoms with van der Waals surface area (Å²) in [4.78, 5) is 0. The third kappa shape index (κ3) is 3.61. The van der Waals surface area contributed by atoms with Crippen LogP contribution >= 0.6 is 0 Å². The number of hydrogen-bond donors (Lipinski definition) is 1. The van der Waals surface area contributed by atoms with Crippen LogP contribution in [0.15, 0.2) is 30.3 Å². The zero-order valence-corrected chi connectivity index (χ0v) is 13.1. The van der Waals surface area contributed by atoms with Crippen molar-refractivity contribution in [3.8, 4) is 0 Å². The van der Waals surface area contributed by atoms with Crippen LogP contribution in [-0.4, -0.2) is 26.0 Å². The van der Waals surface area contributed by atoms with E-state index in [1.165, 1.54) is 11.8 Å². The second-order valence-corrected chi connectivity index (χ2v) is 8.48. The molecule has 1 saturated carbocycles. The molecule has 4 unspecified atom stereocenters. The van der Waals surface area contributed by atoms with Crippen LogP contribution in [0.2, 0.25) is 0 Å². The number of hydrogen-bond acceptors (Lipinski definition) is 3. The highest BCUT2D eigenvalue weighted by atomic mass is 32.2. The zero-order valence-electron chi connectivity index (χ0n) is 12.3. The van der Waals surface area contributed by atoms with Crippen molar-refractivity contribution in [3.05, 3.63) is 35.9 Å². The van der Waals surface area contributed by atoms with Crippen molar-refractivity contribution in [2.75, 3.05) is 6.26 Å². The fourth-order valence-electron chi connectivity index (χ4n) is 3.31. The molecule has 3 nitrogen and oxygen atoms in total. The molecule has 0 bridgehead atoms. The maximum Gasteiger partial charge on any atom is 0.150 e. The Hall–Kier alpha value is -0.870. The summed E-state index contributed by atoms with van der Waals surface area (Å²) in [7, 11) is -2.94. The van der Waals surface area contributed by atoms with E-state index < -0.39 is 9.84 Å². The van der Waals surface area contributed by atoms with Gasteiger partial charge in [0.1, 0.15) is 9.84 Å². The molecule has 1 aliphatic carbocycles. The summed E-state index contributed by atoms with van der Waals surface area (Å²) in [6.07, 6.45) is 4.88. The van der Waals surface area contributed by atoms with E-state index in [4.69, 9.17) is 5.73 Å². The van der Waals surface area contributed by atoms with Crippen LogP contribution in [-0.2, 0) is 9.84 Å². The topological polar surface area (TPSA) is 60.2 Å². The maximum absolute atomic E-state index is 11.8. The number of sulfone groups is 1. The fourth-order valence-corrected chi connectivity index (χ4v) is 4.50. The van der Waals surface area contributed by atoms with Crippen molar-refractivity contribution in [2.24, 2.45) is 11.7 Å². The molecular formula is C16H25NO2S. The Labute approximate surface area is 122 Å². The lowest BCUT2D eigenvalue weighted by molar-refractivity contribution is 0.284. The summed E-state index contributed by atoms with van der Waals surface area (Å²) >= 11 is 0. The fraction of sp³-hybridized carbons (Fsp3) is 0.625. The van der Waals surface area contributed by atoms with E-state index in [9.17, 15) is 8.42 Å². The first-order valence-electron chi connectivity index (χ1n) is 7.39. The standard InChI is InChI=1S/C16H25NO2S/c1-12(13-7-4-3-5-8-13)16(17)14-9-6-10-15(11-14)20(2,18)19/h3-5,7-8,12,14-16H,6,9-11,17H2,1-2H3. The van der Waals surface area contributed by atoms with Gasteiger partial charge in [0.15, 0.2) is 0 Å². The molecule has 2 rings (SSSR count). The highest BCUT2D eigenvalue weighted by molar-refractivity contribution is 7.91. The molecule has 112 valence electrons. The van der Waals surface area contributed by atoms with E-state index in [1.54, 1.807) is 0 Å². The maximum atomic E-state index is 11.8. The van der Waals surface area contributed by atoms with Crippen molar-refractivity contribution in [3.63, 3.8) is 0 Å². The highest BCUT2D eigenvalue weighted by Gasteiger charge is 2.33. The lowest BCUT2D eigenvalue weighted by Gasteiger charge is -2.35. The molecule has 1 fully saturated rings. The van der Waals surface area contributed by atoms with Gasteiger partial charge in [0.2, 0.25) is 0 Å². The van der Waals surface area contributed by atoms with Crippen LogP contribution in [0.5, 0.6) is 0 Å². The van der Waals surface area contributed by atoms with Gasteiger partial charge in [-0.25, -0.2) is 8.42 Å². The normalized spacial score (nSPS) is 26.9. The van der Waals surface area contributed by atoms with E-state index in [0.717, 1.165) is 25.7 Å². The lowest BCUT2D eigenvalue weighted by atomic mass is 9.77. The van der Waals surface area contributed by atoms with Gasteiger partial charge in [-0.05, 0) is 36.7 Å². The van der Waals surface area contributed by atoms with Gasteiger partial charge in [0.05, 0.1) is 5.25 Å². The van der Waals surface area contributed by atoms with E-state index in [-0.39, 0.29) is 17.2 Å². The molecule has 0 saturated heterocycles. The quantitative estimate of drug-likeness (QED) is 0.929. The Morgan fingerprint density at radius 1 is 1.20 bits per heavy atom. The van der Waals surface area contributed by atoms with Gasteiger partial charge in [-0.3, -0.25) is 0 Å². The monoisotopic (exact) mass is 295 g/mol. The Kier molecular flexibility index (Phi) is 4.86. The number of rotatable bonds is 4. The number of benzene rings is 1. The smallest absolute Gasteiger partial charge is 0.150 e. The molecule has 0 aliphatic heterocycles. The van der Waals surface area contributed by atoms with Crippen LogP contribution in [0.1, 0.15) is 44.1 Å². The van der Waals surface area contributed by atoms with Crippen molar-refractivity contribution in [1.29, 1.82) is 0 Å². The van der Waals surface area contributed by atoms with Crippen molar-refractivity contribution in [2.45, 2.75) is 49.8 Å². The molecule has 0 radical (unpaired) electrons. The third-order valence-electron chi connectivity index (χ3n) is 4.72. The first-order chi connectivity index (χ1) is 9.39. The third-order valence-corrected chi connectivity index (χ3v) is 6.36. The average Bonchev–Trinajstić information content (AvgIpc) is 2.46. The molecule has 1 aliphatic rings. The van der Waals surface area contributed by atoms with Gasteiger partial charge in [0.25, 0.3) is 0 Å². The van der Waals surface area contributed by atoms with Gasteiger partial charge >= 0.3 is 0 Å². The molecule has 2 N–H and O–H groups in total. The molecule has 0 heterocycles. The Bertz CT molecular complexity index is 527. The minimum atomic E-state index is -2.94. The molecule has 0 amide bonds. The van der Waals surface area contributed by atoms with Crippen molar-refractivity contribution >= 4 is 9.84 Å². The molecule has 4 heteroatoms. The molecule has 4 atom stereocenters. The van der Waals surface area contributed by atoms with Gasteiger partial charge in [-0.2, -0.15) is 0 Å². The molecule has 1 aromatic rings. The molecule has 1 aromatic carbocycles. The summed E-state index contributed by atoms with van der Waals surface area (Å²) in [5.74, 6) is 0.568. The first kappa shape index (κ1) is 15.5. The van der Waals surface area contributed by atoms with Crippen LogP contribution in [0.3, 0.4) is 0 Å². The van der Waals surface area contributed by atoms with Gasteiger partial charge in [-0.1, -0.05) is 43.7 Å². The minimum absolute atomic E-state index is 0.0296. The Morgan fingerprint density at radius 3 is 2.45 bits per heavy atom. The minimum Gasteiger partial charge on any atom is -0.327 e. The summed E-state index contributed by atoms with van der Waals surface area (Å²) in [6, 6.07) is 10.3.